The minimum Gasteiger partial charge on any atom is -0.390 e. The van der Waals surface area contributed by atoms with Gasteiger partial charge < -0.3 is 29.9 Å². The predicted octanol–water partition coefficient (Wildman–Crippen LogP) is 3.65. The number of carbonyl (C=O) groups is 1. The molecule has 0 spiro atoms. The van der Waals surface area contributed by atoms with Crippen LogP contribution < -0.4 is 0 Å². The average molecular weight is 521 g/mol. The van der Waals surface area contributed by atoms with Crippen molar-refractivity contribution in [2.24, 2.45) is 28.6 Å². The molecule has 0 aromatic rings. The first kappa shape index (κ1) is 27.7. The fourth-order valence-corrected chi connectivity index (χ4v) is 9.28. The van der Waals surface area contributed by atoms with E-state index in [1.165, 1.54) is 0 Å². The van der Waals surface area contributed by atoms with Gasteiger partial charge in [-0.15, -0.1) is 0 Å². The first-order chi connectivity index (χ1) is 16.8. The summed E-state index contributed by atoms with van der Waals surface area (Å²) >= 11 is 0. The highest BCUT2D eigenvalue weighted by Crippen LogP contribution is 2.69. The Hall–Kier alpha value is -0.830. The van der Waals surface area contributed by atoms with E-state index in [-0.39, 0.29) is 47.6 Å². The SMILES string of the molecule is CC(C)(O)CC[C@@H](O)[C@](C)(O)[C@H]1CC[C@@]2(O)C3=CC(=O)[C@@H]4C[C@H]5OC(C)(C)O[C@H]5C[C@]4(C)[C@H]3CC[C@]12C. The second-order valence-electron chi connectivity index (χ2n) is 14.8. The molecule has 0 bridgehead atoms. The third-order valence-electron chi connectivity index (χ3n) is 11.4. The first-order valence-electron chi connectivity index (χ1n) is 14.3. The Labute approximate surface area is 221 Å². The Balaban J connectivity index is 1.44. The van der Waals surface area contributed by atoms with Crippen molar-refractivity contribution in [2.45, 2.75) is 141 Å². The number of ether oxygens (including phenoxy) is 2. The van der Waals surface area contributed by atoms with Crippen molar-refractivity contribution in [3.05, 3.63) is 11.6 Å². The molecule has 10 atom stereocenters. The van der Waals surface area contributed by atoms with Gasteiger partial charge in [-0.05, 0) is 115 Å². The van der Waals surface area contributed by atoms with Crippen molar-refractivity contribution in [2.75, 3.05) is 0 Å². The third-order valence-corrected chi connectivity index (χ3v) is 11.4. The summed E-state index contributed by atoms with van der Waals surface area (Å²) in [5, 5.41) is 45.3. The van der Waals surface area contributed by atoms with Crippen molar-refractivity contribution in [3.8, 4) is 0 Å². The minimum absolute atomic E-state index is 0.0605. The number of fused-ring (bicyclic) bond motifs is 6. The summed E-state index contributed by atoms with van der Waals surface area (Å²) in [6.45, 7) is 13.2. The van der Waals surface area contributed by atoms with Gasteiger partial charge in [0.2, 0.25) is 0 Å². The minimum atomic E-state index is -1.43. The van der Waals surface area contributed by atoms with Crippen LogP contribution in [-0.4, -0.2) is 67.1 Å². The van der Waals surface area contributed by atoms with E-state index >= 15 is 0 Å². The van der Waals surface area contributed by atoms with Crippen molar-refractivity contribution in [1.29, 1.82) is 0 Å². The zero-order valence-corrected chi connectivity index (χ0v) is 23.7. The second kappa shape index (κ2) is 8.34. The van der Waals surface area contributed by atoms with Crippen LogP contribution in [0.25, 0.3) is 0 Å². The summed E-state index contributed by atoms with van der Waals surface area (Å²) in [5.74, 6) is -1.02. The van der Waals surface area contributed by atoms with E-state index in [4.69, 9.17) is 9.47 Å². The Morgan fingerprint density at radius 3 is 2.32 bits per heavy atom. The highest BCUT2D eigenvalue weighted by molar-refractivity contribution is 5.95. The second-order valence-corrected chi connectivity index (χ2v) is 14.8. The van der Waals surface area contributed by atoms with E-state index in [0.717, 1.165) is 18.4 Å². The fraction of sp³-hybridized carbons (Fsp3) is 0.900. The number of ketones is 1. The van der Waals surface area contributed by atoms with Crippen LogP contribution >= 0.6 is 0 Å². The van der Waals surface area contributed by atoms with E-state index in [9.17, 15) is 25.2 Å². The normalized spacial score (nSPS) is 47.3. The van der Waals surface area contributed by atoms with Crippen molar-refractivity contribution in [1.82, 2.24) is 0 Å². The predicted molar refractivity (Wildman–Crippen MR) is 138 cm³/mol. The molecular weight excluding hydrogens is 472 g/mol. The number of rotatable bonds is 5. The molecule has 5 aliphatic rings. The van der Waals surface area contributed by atoms with E-state index in [0.29, 0.717) is 32.1 Å². The number of aliphatic hydroxyl groups is 4. The molecule has 37 heavy (non-hydrogen) atoms. The quantitative estimate of drug-likeness (QED) is 0.437. The van der Waals surface area contributed by atoms with E-state index in [2.05, 4.69) is 6.92 Å². The van der Waals surface area contributed by atoms with Gasteiger partial charge in [0.25, 0.3) is 0 Å². The molecule has 0 aromatic heterocycles. The summed E-state index contributed by atoms with van der Waals surface area (Å²) < 4.78 is 12.4. The standard InChI is InChI=1S/C30H48O7/c1-25(2,33)11-10-24(32)29(7,34)23-9-13-30(35)18-14-20(31)19-15-21-22(37-26(3,4)36-21)16-27(19,5)17(18)8-12-28(23,30)6/h14,17,19,21-24,32-35H,8-13,15-16H2,1-7H3/t17-,19-,21+,22-,23-,24+,27+,28+,29+,30+/m0/s1. The molecule has 1 aliphatic heterocycles. The number of aliphatic hydroxyl groups excluding tert-OH is 1. The summed E-state index contributed by atoms with van der Waals surface area (Å²) in [6.07, 6.45) is 5.11. The zero-order chi connectivity index (χ0) is 27.4. The van der Waals surface area contributed by atoms with Crippen LogP contribution in [0, 0.1) is 28.6 Å². The van der Waals surface area contributed by atoms with Crippen LogP contribution in [0.3, 0.4) is 0 Å². The topological polar surface area (TPSA) is 116 Å². The van der Waals surface area contributed by atoms with Crippen LogP contribution in [0.2, 0.25) is 0 Å². The highest BCUT2D eigenvalue weighted by Gasteiger charge is 2.69. The van der Waals surface area contributed by atoms with Crippen molar-refractivity contribution < 1.29 is 34.7 Å². The largest absolute Gasteiger partial charge is 0.390 e. The van der Waals surface area contributed by atoms with Crippen LogP contribution in [-0.2, 0) is 14.3 Å². The Bertz CT molecular complexity index is 979. The molecule has 0 aromatic carbocycles. The van der Waals surface area contributed by atoms with Gasteiger partial charge in [0.05, 0.1) is 35.1 Å². The van der Waals surface area contributed by atoms with Crippen molar-refractivity contribution >= 4 is 5.78 Å². The molecule has 4 fully saturated rings. The van der Waals surface area contributed by atoms with Gasteiger partial charge in [0.1, 0.15) is 0 Å². The lowest BCUT2D eigenvalue weighted by molar-refractivity contribution is -0.174. The summed E-state index contributed by atoms with van der Waals surface area (Å²) in [7, 11) is 0. The molecule has 1 saturated heterocycles. The molecule has 7 heteroatoms. The molecule has 210 valence electrons. The lowest BCUT2D eigenvalue weighted by Crippen LogP contribution is -2.62. The Morgan fingerprint density at radius 1 is 1.03 bits per heavy atom. The zero-order valence-electron chi connectivity index (χ0n) is 23.7. The molecule has 0 amide bonds. The lowest BCUT2D eigenvalue weighted by Gasteiger charge is -2.60. The van der Waals surface area contributed by atoms with Crippen LogP contribution in [0.4, 0.5) is 0 Å². The number of allylic oxidation sites excluding steroid dienone is 1. The average Bonchev–Trinajstić information content (AvgIpc) is 3.21. The van der Waals surface area contributed by atoms with Gasteiger partial charge in [-0.3, -0.25) is 4.79 Å². The molecule has 0 unspecified atom stereocenters. The molecule has 0 radical (unpaired) electrons. The maximum absolute atomic E-state index is 13.6. The van der Waals surface area contributed by atoms with Gasteiger partial charge in [-0.1, -0.05) is 13.8 Å². The van der Waals surface area contributed by atoms with Gasteiger partial charge in [0, 0.05) is 11.3 Å². The lowest BCUT2D eigenvalue weighted by atomic mass is 9.45. The van der Waals surface area contributed by atoms with E-state index in [1.54, 1.807) is 26.8 Å². The van der Waals surface area contributed by atoms with Gasteiger partial charge in [0.15, 0.2) is 11.6 Å². The van der Waals surface area contributed by atoms with Gasteiger partial charge in [-0.25, -0.2) is 0 Å². The van der Waals surface area contributed by atoms with Crippen LogP contribution in [0.5, 0.6) is 0 Å². The van der Waals surface area contributed by atoms with Gasteiger partial charge in [-0.2, -0.15) is 0 Å². The Morgan fingerprint density at radius 2 is 1.68 bits per heavy atom. The highest BCUT2D eigenvalue weighted by atomic mass is 16.7. The maximum Gasteiger partial charge on any atom is 0.163 e. The molecular formula is C30H48O7. The van der Waals surface area contributed by atoms with E-state index < -0.39 is 34.1 Å². The molecule has 3 saturated carbocycles. The number of carbonyl (C=O) groups excluding carboxylic acids is 1. The third kappa shape index (κ3) is 4.10. The maximum atomic E-state index is 13.6. The van der Waals surface area contributed by atoms with Crippen LogP contribution in [0.15, 0.2) is 11.6 Å². The molecule has 7 nitrogen and oxygen atoms in total. The molecule has 4 N–H and O–H groups in total. The fourth-order valence-electron chi connectivity index (χ4n) is 9.28. The van der Waals surface area contributed by atoms with E-state index in [1.807, 2.05) is 20.8 Å². The monoisotopic (exact) mass is 520 g/mol. The molecule has 1 heterocycles. The first-order valence-corrected chi connectivity index (χ1v) is 14.3. The van der Waals surface area contributed by atoms with Crippen molar-refractivity contribution in [3.63, 3.8) is 0 Å². The number of hydrogen-bond acceptors (Lipinski definition) is 7. The summed E-state index contributed by atoms with van der Waals surface area (Å²) in [4.78, 5) is 13.6. The molecule has 5 rings (SSSR count). The summed E-state index contributed by atoms with van der Waals surface area (Å²) in [6, 6.07) is 0. The van der Waals surface area contributed by atoms with Gasteiger partial charge >= 0.3 is 0 Å². The van der Waals surface area contributed by atoms with Crippen LogP contribution in [0.1, 0.15) is 99.8 Å². The Kier molecular flexibility index (Phi) is 6.25. The smallest absolute Gasteiger partial charge is 0.163 e. The summed E-state index contributed by atoms with van der Waals surface area (Å²) in [5.41, 5.74) is -3.75. The number of hydrogen-bond donors (Lipinski definition) is 4. The molecule has 4 aliphatic carbocycles.